The van der Waals surface area contributed by atoms with Crippen LogP contribution in [0.1, 0.15) is 6.92 Å². The highest BCUT2D eigenvalue weighted by atomic mass is 16.2. The first-order valence-corrected chi connectivity index (χ1v) is 4.90. The molecule has 0 aliphatic carbocycles. The normalized spacial score (nSPS) is 23.9. The van der Waals surface area contributed by atoms with Crippen LogP contribution in [0, 0.1) is 0 Å². The number of nitrogens with zero attached hydrogens (tertiary/aromatic N) is 2. The summed E-state index contributed by atoms with van der Waals surface area (Å²) in [5.41, 5.74) is 0. The van der Waals surface area contributed by atoms with E-state index in [1.54, 1.807) is 6.92 Å². The second kappa shape index (κ2) is 3.57. The molecule has 0 aromatic heterocycles. The summed E-state index contributed by atoms with van der Waals surface area (Å²) in [4.78, 5) is 25.2. The Morgan fingerprint density at radius 2 is 2.00 bits per heavy atom. The van der Waals surface area contributed by atoms with E-state index in [4.69, 9.17) is 0 Å². The molecule has 2 rings (SSSR count). The van der Waals surface area contributed by atoms with Gasteiger partial charge in [-0.05, 0) is 0 Å². The summed E-state index contributed by atoms with van der Waals surface area (Å²) in [5, 5.41) is 2.75. The van der Waals surface area contributed by atoms with E-state index in [2.05, 4.69) is 10.2 Å². The van der Waals surface area contributed by atoms with Crippen LogP contribution in [0.2, 0.25) is 0 Å². The van der Waals surface area contributed by atoms with Gasteiger partial charge in [0, 0.05) is 39.1 Å². The fraction of sp³-hybridized carbons (Fsp3) is 0.778. The van der Waals surface area contributed by atoms with Crippen LogP contribution in [0.3, 0.4) is 0 Å². The standard InChI is InChI=1S/C9H15N3O2/c1-7(14)11-4-9(5-11)12-2-8(3-12)10-6-13/h6,8-9H,2-5H2,1H3,(H,10,13). The lowest BCUT2D eigenvalue weighted by atomic mass is 10.00. The van der Waals surface area contributed by atoms with Crippen LogP contribution < -0.4 is 5.32 Å². The summed E-state index contributed by atoms with van der Waals surface area (Å²) in [5.74, 6) is 0.157. The van der Waals surface area contributed by atoms with Crippen LogP contribution in [-0.4, -0.2) is 60.4 Å². The SMILES string of the molecule is CC(=O)N1CC(N2CC(NC=O)C2)C1. The summed E-state index contributed by atoms with van der Waals surface area (Å²) in [6.07, 6.45) is 0.755. The molecule has 2 heterocycles. The molecule has 2 aliphatic heterocycles. The Labute approximate surface area is 83.0 Å². The third-order valence-corrected chi connectivity index (χ3v) is 3.04. The second-order valence-electron chi connectivity index (χ2n) is 4.01. The molecule has 2 aliphatic rings. The molecule has 0 bridgehead atoms. The summed E-state index contributed by atoms with van der Waals surface area (Å²) in [6.45, 7) is 5.15. The zero-order valence-corrected chi connectivity index (χ0v) is 8.27. The van der Waals surface area contributed by atoms with Crippen molar-refractivity contribution in [1.82, 2.24) is 15.1 Å². The Bertz CT molecular complexity index is 244. The van der Waals surface area contributed by atoms with Gasteiger partial charge < -0.3 is 10.2 Å². The molecule has 0 saturated carbocycles. The number of hydrogen-bond acceptors (Lipinski definition) is 3. The van der Waals surface area contributed by atoms with Gasteiger partial charge in [0.2, 0.25) is 12.3 Å². The van der Waals surface area contributed by atoms with E-state index in [9.17, 15) is 9.59 Å². The predicted octanol–water partition coefficient (Wildman–Crippen LogP) is -1.35. The molecular weight excluding hydrogens is 182 g/mol. The summed E-state index contributed by atoms with van der Waals surface area (Å²) in [6, 6.07) is 0.836. The van der Waals surface area contributed by atoms with Crippen molar-refractivity contribution in [3.05, 3.63) is 0 Å². The number of carbonyl (C=O) groups is 2. The van der Waals surface area contributed by atoms with Crippen molar-refractivity contribution < 1.29 is 9.59 Å². The van der Waals surface area contributed by atoms with Gasteiger partial charge in [0.05, 0.1) is 6.04 Å². The molecule has 2 amide bonds. The molecule has 78 valence electrons. The molecule has 5 heteroatoms. The van der Waals surface area contributed by atoms with Gasteiger partial charge in [-0.3, -0.25) is 14.5 Å². The minimum atomic E-state index is 0.157. The van der Waals surface area contributed by atoms with Crippen LogP contribution in [-0.2, 0) is 9.59 Å². The average molecular weight is 197 g/mol. The van der Waals surface area contributed by atoms with Crippen LogP contribution in [0.4, 0.5) is 0 Å². The Hall–Kier alpha value is -1.10. The Balaban J connectivity index is 1.66. The molecular formula is C9H15N3O2. The van der Waals surface area contributed by atoms with Crippen LogP contribution >= 0.6 is 0 Å². The zero-order valence-electron chi connectivity index (χ0n) is 8.27. The van der Waals surface area contributed by atoms with E-state index in [0.717, 1.165) is 32.6 Å². The maximum absolute atomic E-state index is 10.9. The first-order chi connectivity index (χ1) is 6.70. The molecule has 0 atom stereocenters. The summed E-state index contributed by atoms with van der Waals surface area (Å²) < 4.78 is 0. The van der Waals surface area contributed by atoms with Crippen LogP contribution in [0.25, 0.3) is 0 Å². The van der Waals surface area contributed by atoms with Crippen molar-refractivity contribution in [2.45, 2.75) is 19.0 Å². The highest BCUT2D eigenvalue weighted by Gasteiger charge is 2.39. The lowest BCUT2D eigenvalue weighted by Gasteiger charge is -2.51. The first kappa shape index (κ1) is 9.45. The fourth-order valence-electron chi connectivity index (χ4n) is 1.96. The minimum Gasteiger partial charge on any atom is -0.353 e. The van der Waals surface area contributed by atoms with Crippen LogP contribution in [0.15, 0.2) is 0 Å². The molecule has 1 N–H and O–H groups in total. The van der Waals surface area contributed by atoms with E-state index >= 15 is 0 Å². The number of likely N-dealkylation sites (tertiary alicyclic amines) is 2. The first-order valence-electron chi connectivity index (χ1n) is 4.90. The molecule has 2 saturated heterocycles. The van der Waals surface area contributed by atoms with E-state index in [0.29, 0.717) is 12.1 Å². The van der Waals surface area contributed by atoms with E-state index in [1.165, 1.54) is 0 Å². The highest BCUT2D eigenvalue weighted by Crippen LogP contribution is 2.20. The molecule has 0 unspecified atom stereocenters. The molecule has 0 radical (unpaired) electrons. The minimum absolute atomic E-state index is 0.157. The fourth-order valence-corrected chi connectivity index (χ4v) is 1.96. The second-order valence-corrected chi connectivity index (χ2v) is 4.01. The lowest BCUT2D eigenvalue weighted by Crippen LogP contribution is -2.69. The van der Waals surface area contributed by atoms with Crippen molar-refractivity contribution in [2.24, 2.45) is 0 Å². The third kappa shape index (κ3) is 1.59. The molecule has 0 aromatic rings. The van der Waals surface area contributed by atoms with Crippen molar-refractivity contribution in [2.75, 3.05) is 26.2 Å². The maximum Gasteiger partial charge on any atom is 0.219 e. The van der Waals surface area contributed by atoms with Crippen molar-refractivity contribution in [3.63, 3.8) is 0 Å². The van der Waals surface area contributed by atoms with Crippen LogP contribution in [0.5, 0.6) is 0 Å². The largest absolute Gasteiger partial charge is 0.353 e. The molecule has 0 aromatic carbocycles. The quantitative estimate of drug-likeness (QED) is 0.569. The van der Waals surface area contributed by atoms with Gasteiger partial charge in [-0.2, -0.15) is 0 Å². The van der Waals surface area contributed by atoms with Crippen molar-refractivity contribution in [3.8, 4) is 0 Å². The number of nitrogens with one attached hydrogen (secondary N) is 1. The van der Waals surface area contributed by atoms with Crippen molar-refractivity contribution >= 4 is 12.3 Å². The monoisotopic (exact) mass is 197 g/mol. The number of rotatable bonds is 3. The molecule has 0 spiro atoms. The number of hydrogen-bond donors (Lipinski definition) is 1. The van der Waals surface area contributed by atoms with Gasteiger partial charge in [-0.25, -0.2) is 0 Å². The smallest absolute Gasteiger partial charge is 0.219 e. The third-order valence-electron chi connectivity index (χ3n) is 3.04. The van der Waals surface area contributed by atoms with E-state index < -0.39 is 0 Å². The average Bonchev–Trinajstić information content (AvgIpc) is 1.96. The summed E-state index contributed by atoms with van der Waals surface area (Å²) >= 11 is 0. The Kier molecular flexibility index (Phi) is 2.41. The van der Waals surface area contributed by atoms with Crippen molar-refractivity contribution in [1.29, 1.82) is 0 Å². The summed E-state index contributed by atoms with van der Waals surface area (Å²) in [7, 11) is 0. The molecule has 2 fully saturated rings. The van der Waals surface area contributed by atoms with Gasteiger partial charge in [0.15, 0.2) is 0 Å². The van der Waals surface area contributed by atoms with Gasteiger partial charge in [0.25, 0.3) is 0 Å². The lowest BCUT2D eigenvalue weighted by molar-refractivity contribution is -0.138. The van der Waals surface area contributed by atoms with Gasteiger partial charge in [0.1, 0.15) is 0 Å². The Morgan fingerprint density at radius 1 is 1.36 bits per heavy atom. The molecule has 5 nitrogen and oxygen atoms in total. The Morgan fingerprint density at radius 3 is 2.50 bits per heavy atom. The van der Waals surface area contributed by atoms with Gasteiger partial charge in [-0.1, -0.05) is 0 Å². The predicted molar refractivity (Wildman–Crippen MR) is 50.6 cm³/mol. The van der Waals surface area contributed by atoms with Gasteiger partial charge in [-0.15, -0.1) is 0 Å². The molecule has 14 heavy (non-hydrogen) atoms. The van der Waals surface area contributed by atoms with E-state index in [-0.39, 0.29) is 5.91 Å². The topological polar surface area (TPSA) is 52.7 Å². The maximum atomic E-state index is 10.9. The van der Waals surface area contributed by atoms with Gasteiger partial charge >= 0.3 is 0 Å². The number of carbonyl (C=O) groups excluding carboxylic acids is 2. The highest BCUT2D eigenvalue weighted by molar-refractivity contribution is 5.74. The number of amides is 2. The zero-order chi connectivity index (χ0) is 10.1. The van der Waals surface area contributed by atoms with E-state index in [1.807, 2.05) is 4.90 Å².